The Bertz CT molecular complexity index is 210. The largest absolute Gasteiger partial charge is 0.779 e. The van der Waals surface area contributed by atoms with E-state index in [2.05, 4.69) is 4.67 Å². The average molecular weight is 224 g/mol. The smallest absolute Gasteiger partial charge is 0.126 e. The third-order valence-corrected chi connectivity index (χ3v) is 2.95. The van der Waals surface area contributed by atoms with Crippen molar-refractivity contribution in [1.82, 2.24) is 0 Å². The lowest BCUT2D eigenvalue weighted by molar-refractivity contribution is -0.647. The van der Waals surface area contributed by atoms with E-state index in [1.807, 2.05) is 20.8 Å². The molecule has 0 amide bonds. The molecular weight excluding hydrogens is 207 g/mol. The van der Waals surface area contributed by atoms with Gasteiger partial charge >= 0.3 is 0 Å². The van der Waals surface area contributed by atoms with Crippen molar-refractivity contribution in [3.63, 3.8) is 0 Å². The van der Waals surface area contributed by atoms with Gasteiger partial charge in [-0.05, 0) is 17.8 Å². The summed E-state index contributed by atoms with van der Waals surface area (Å²) < 4.78 is 14.0. The Morgan fingerprint density at radius 2 is 2.00 bits per heavy atom. The van der Waals surface area contributed by atoms with Crippen LogP contribution in [-0.4, -0.2) is 17.9 Å². The van der Waals surface area contributed by atoms with E-state index in [1.54, 1.807) is 0 Å². The molecule has 0 aliphatic carbocycles. The molecule has 0 aromatic rings. The second kappa shape index (κ2) is 5.24. The van der Waals surface area contributed by atoms with Gasteiger partial charge in [-0.15, -0.1) is 0 Å². The Kier molecular flexibility index (Phi) is 5.26. The molecule has 5 nitrogen and oxygen atoms in total. The number of hydrogen-bond acceptors (Lipinski definition) is 5. The molecule has 0 saturated heterocycles. The van der Waals surface area contributed by atoms with E-state index < -0.39 is 19.7 Å². The highest BCUT2D eigenvalue weighted by Crippen LogP contribution is 2.39. The molecule has 1 N–H and O–H groups in total. The fourth-order valence-corrected chi connectivity index (χ4v) is 2.34. The summed E-state index contributed by atoms with van der Waals surface area (Å²) >= 11 is 0. The van der Waals surface area contributed by atoms with Crippen molar-refractivity contribution in [2.75, 3.05) is 12.8 Å². The lowest BCUT2D eigenvalue weighted by Gasteiger charge is -2.32. The zero-order chi connectivity index (χ0) is 11.4. The first-order chi connectivity index (χ1) is 6.20. The van der Waals surface area contributed by atoms with Crippen molar-refractivity contribution < 1.29 is 24.5 Å². The lowest BCUT2D eigenvalue weighted by atomic mass is 9.86. The maximum atomic E-state index is 10.8. The Labute approximate surface area is 84.2 Å². The van der Waals surface area contributed by atoms with Crippen molar-refractivity contribution in [3.8, 4) is 0 Å². The van der Waals surface area contributed by atoms with Gasteiger partial charge in [0, 0.05) is 12.8 Å². The highest BCUT2D eigenvalue weighted by atomic mass is 31.2. The van der Waals surface area contributed by atoms with E-state index >= 15 is 0 Å². The van der Waals surface area contributed by atoms with Crippen LogP contribution in [0.15, 0.2) is 0 Å². The number of hydrogen-bond donors (Lipinski definition) is 1. The maximum Gasteiger partial charge on any atom is 0.126 e. The second-order valence-electron chi connectivity index (χ2n) is 4.68. The molecule has 0 aromatic carbocycles. The van der Waals surface area contributed by atoms with Crippen molar-refractivity contribution in [3.05, 3.63) is 0 Å². The standard InChI is InChI=1S/C8H19O5P/c1-8(2,3)4-7(5-9)6-14(11,12)13-10/h7,9-10H,4-6H2,1-3H3,(H,11,12)/p-2. The van der Waals surface area contributed by atoms with Gasteiger partial charge < -0.3 is 24.5 Å². The molecule has 0 bridgehead atoms. The van der Waals surface area contributed by atoms with Crippen molar-refractivity contribution in [2.45, 2.75) is 27.2 Å². The van der Waals surface area contributed by atoms with Crippen LogP contribution < -0.4 is 10.2 Å². The predicted molar refractivity (Wildman–Crippen MR) is 48.2 cm³/mol. The molecule has 0 heterocycles. The van der Waals surface area contributed by atoms with Crippen LogP contribution in [0.4, 0.5) is 0 Å². The van der Waals surface area contributed by atoms with Crippen LogP contribution in [0.3, 0.4) is 0 Å². The minimum atomic E-state index is -4.30. The second-order valence-corrected chi connectivity index (χ2v) is 6.42. The summed E-state index contributed by atoms with van der Waals surface area (Å²) in [5.41, 5.74) is -0.0870. The molecule has 0 aromatic heterocycles. The summed E-state index contributed by atoms with van der Waals surface area (Å²) in [6, 6.07) is 0. The molecule has 0 aliphatic heterocycles. The minimum Gasteiger partial charge on any atom is -0.779 e. The van der Waals surface area contributed by atoms with Gasteiger partial charge in [-0.1, -0.05) is 20.8 Å². The number of aliphatic hydroxyl groups excluding tert-OH is 1. The molecule has 14 heavy (non-hydrogen) atoms. The van der Waals surface area contributed by atoms with E-state index in [0.717, 1.165) is 0 Å². The van der Waals surface area contributed by atoms with Gasteiger partial charge in [-0.2, -0.15) is 0 Å². The van der Waals surface area contributed by atoms with Crippen molar-refractivity contribution in [2.24, 2.45) is 11.3 Å². The summed E-state index contributed by atoms with van der Waals surface area (Å²) in [4.78, 5) is 10.8. The normalized spacial score (nSPS) is 19.0. The Hall–Kier alpha value is 0.0700. The van der Waals surface area contributed by atoms with Gasteiger partial charge in [0.25, 0.3) is 0 Å². The molecular formula is C8H17O5P-2. The summed E-state index contributed by atoms with van der Waals surface area (Å²) in [6.07, 6.45) is 0.128. The van der Waals surface area contributed by atoms with Gasteiger partial charge in [-0.3, -0.25) is 0 Å². The monoisotopic (exact) mass is 224 g/mol. The summed E-state index contributed by atoms with van der Waals surface area (Å²) in [5, 5.41) is 18.7. The van der Waals surface area contributed by atoms with Gasteiger partial charge in [0.05, 0.1) is 0 Å². The summed E-state index contributed by atoms with van der Waals surface area (Å²) in [6.45, 7) is 5.54. The van der Waals surface area contributed by atoms with Crippen LogP contribution in [0.5, 0.6) is 0 Å². The van der Waals surface area contributed by atoms with Crippen LogP contribution in [-0.2, 0) is 9.24 Å². The lowest BCUT2D eigenvalue weighted by Crippen LogP contribution is -2.25. The molecule has 86 valence electrons. The predicted octanol–water partition coefficient (Wildman–Crippen LogP) is -0.124. The van der Waals surface area contributed by atoms with Gasteiger partial charge in [-0.25, -0.2) is 0 Å². The van der Waals surface area contributed by atoms with Crippen LogP contribution in [0.2, 0.25) is 0 Å². The number of aliphatic hydroxyl groups is 1. The average Bonchev–Trinajstić information content (AvgIpc) is 2.00. The highest BCUT2D eigenvalue weighted by molar-refractivity contribution is 7.51. The zero-order valence-corrected chi connectivity index (χ0v) is 9.62. The van der Waals surface area contributed by atoms with Crippen LogP contribution >= 0.6 is 7.60 Å². The first kappa shape index (κ1) is 14.1. The van der Waals surface area contributed by atoms with Crippen LogP contribution in [0.25, 0.3) is 0 Å². The van der Waals surface area contributed by atoms with Crippen LogP contribution in [0, 0.1) is 11.3 Å². The first-order valence-corrected chi connectivity index (χ1v) is 6.15. The van der Waals surface area contributed by atoms with Crippen molar-refractivity contribution >= 4 is 7.60 Å². The third kappa shape index (κ3) is 6.51. The van der Waals surface area contributed by atoms with Crippen molar-refractivity contribution in [1.29, 1.82) is 0 Å². The first-order valence-electron chi connectivity index (χ1n) is 4.43. The number of rotatable bonds is 5. The van der Waals surface area contributed by atoms with Gasteiger partial charge in [0.1, 0.15) is 7.60 Å². The molecule has 0 aliphatic rings. The molecule has 0 spiro atoms. The third-order valence-electron chi connectivity index (χ3n) is 1.75. The molecule has 0 fully saturated rings. The fourth-order valence-electron chi connectivity index (χ4n) is 1.40. The Balaban J connectivity index is 4.24. The molecule has 0 saturated carbocycles. The summed E-state index contributed by atoms with van der Waals surface area (Å²) in [7, 11) is -4.30. The van der Waals surface area contributed by atoms with Gasteiger partial charge in [0.15, 0.2) is 0 Å². The van der Waals surface area contributed by atoms with Gasteiger partial charge in [0.2, 0.25) is 0 Å². The van der Waals surface area contributed by atoms with E-state index in [-0.39, 0.29) is 12.0 Å². The molecule has 0 rings (SSSR count). The van der Waals surface area contributed by atoms with E-state index in [4.69, 9.17) is 5.11 Å². The highest BCUT2D eigenvalue weighted by Gasteiger charge is 2.21. The SMILES string of the molecule is CC(C)(C)CC(CO)CP(=O)([O-])O[O-]. The topological polar surface area (TPSA) is 92.7 Å². The zero-order valence-electron chi connectivity index (χ0n) is 8.73. The Morgan fingerprint density at radius 3 is 2.29 bits per heavy atom. The minimum absolute atomic E-state index is 0.0870. The molecule has 6 heteroatoms. The molecule has 2 unspecified atom stereocenters. The molecule has 2 atom stereocenters. The van der Waals surface area contributed by atoms with E-state index in [0.29, 0.717) is 6.42 Å². The summed E-state index contributed by atoms with van der Waals surface area (Å²) in [5.74, 6) is -0.438. The van der Waals surface area contributed by atoms with E-state index in [9.17, 15) is 14.7 Å². The fraction of sp³-hybridized carbons (Fsp3) is 1.00. The van der Waals surface area contributed by atoms with Crippen LogP contribution in [0.1, 0.15) is 27.2 Å². The quantitative estimate of drug-likeness (QED) is 0.399. The maximum absolute atomic E-state index is 10.8. The molecule has 0 radical (unpaired) electrons. The van der Waals surface area contributed by atoms with E-state index in [1.165, 1.54) is 0 Å². The Morgan fingerprint density at radius 1 is 1.50 bits per heavy atom.